The van der Waals surface area contributed by atoms with Gasteiger partial charge < -0.3 is 15.0 Å². The molecule has 3 rings (SSSR count). The molecule has 1 amide bonds. The van der Waals surface area contributed by atoms with Gasteiger partial charge >= 0.3 is 0 Å². The smallest absolute Gasteiger partial charge is 0.241 e. The molecule has 1 heterocycles. The molecule has 1 saturated heterocycles. The second-order valence-corrected chi connectivity index (χ2v) is 10.0. The number of sulfonamides is 1. The Labute approximate surface area is 191 Å². The number of amides is 1. The lowest BCUT2D eigenvalue weighted by Gasteiger charge is -2.28. The third-order valence-corrected chi connectivity index (χ3v) is 6.80. The average Bonchev–Trinajstić information content (AvgIpc) is 2.78. The highest BCUT2D eigenvalue weighted by Gasteiger charge is 2.18. The maximum atomic E-state index is 12.4. The summed E-state index contributed by atoms with van der Waals surface area (Å²) in [5.74, 6) is -0.313. The van der Waals surface area contributed by atoms with E-state index in [4.69, 9.17) is 4.74 Å². The average molecular weight is 460 g/mol. The Kier molecular flexibility index (Phi) is 8.39. The molecular weight excluding hydrogens is 426 g/mol. The molecule has 2 aromatic rings. The number of hydrogen-bond donors (Lipinski definition) is 2. The number of methoxy groups -OCH3 is 1. The Morgan fingerprint density at radius 2 is 1.69 bits per heavy atom. The van der Waals surface area contributed by atoms with E-state index in [1.807, 2.05) is 43.3 Å². The predicted molar refractivity (Wildman–Crippen MR) is 129 cm³/mol. The zero-order valence-electron chi connectivity index (χ0n) is 18.8. The largest absolute Gasteiger partial charge is 0.497 e. The van der Waals surface area contributed by atoms with Crippen LogP contribution in [-0.2, 0) is 21.2 Å². The van der Waals surface area contributed by atoms with Crippen LogP contribution in [0.4, 0.5) is 11.4 Å². The summed E-state index contributed by atoms with van der Waals surface area (Å²) in [5, 5.41) is 2.78. The SMILES string of the molecule is COc1ccc(CCC(C)NC(=O)CS(=O)(=O)Nc2ccc(N3CCCCC3)cc2)cc1. The lowest BCUT2D eigenvalue weighted by atomic mass is 10.1. The lowest BCUT2D eigenvalue weighted by Crippen LogP contribution is -2.38. The molecule has 1 aliphatic heterocycles. The van der Waals surface area contributed by atoms with Crippen molar-refractivity contribution in [2.24, 2.45) is 0 Å². The number of nitrogens with one attached hydrogen (secondary N) is 2. The van der Waals surface area contributed by atoms with Gasteiger partial charge in [0, 0.05) is 30.5 Å². The van der Waals surface area contributed by atoms with Gasteiger partial charge in [0.05, 0.1) is 7.11 Å². The number of carbonyl (C=O) groups excluding carboxylic acids is 1. The Hall–Kier alpha value is -2.74. The number of piperidine rings is 1. The van der Waals surface area contributed by atoms with Crippen molar-refractivity contribution < 1.29 is 17.9 Å². The molecule has 8 heteroatoms. The molecule has 0 radical (unpaired) electrons. The van der Waals surface area contributed by atoms with Gasteiger partial charge in [0.15, 0.2) is 0 Å². The number of carbonyl (C=O) groups is 1. The fourth-order valence-corrected chi connectivity index (χ4v) is 4.84. The van der Waals surface area contributed by atoms with Crippen molar-refractivity contribution >= 4 is 27.3 Å². The second-order valence-electron chi connectivity index (χ2n) is 8.31. The lowest BCUT2D eigenvalue weighted by molar-refractivity contribution is -0.119. The number of aryl methyl sites for hydroxylation is 1. The molecule has 0 aromatic heterocycles. The Morgan fingerprint density at radius 3 is 2.31 bits per heavy atom. The molecule has 1 atom stereocenters. The Morgan fingerprint density at radius 1 is 1.03 bits per heavy atom. The molecule has 32 heavy (non-hydrogen) atoms. The van der Waals surface area contributed by atoms with Crippen molar-refractivity contribution in [1.82, 2.24) is 5.32 Å². The van der Waals surface area contributed by atoms with Gasteiger partial charge in [-0.15, -0.1) is 0 Å². The van der Waals surface area contributed by atoms with Gasteiger partial charge in [-0.3, -0.25) is 9.52 Å². The Balaban J connectivity index is 1.44. The molecular formula is C24H33N3O4S. The van der Waals surface area contributed by atoms with Crippen molar-refractivity contribution in [3.05, 3.63) is 54.1 Å². The standard InChI is InChI=1S/C24H33N3O4S/c1-19(6-7-20-8-14-23(31-2)15-9-20)25-24(28)18-32(29,30)26-21-10-12-22(13-11-21)27-16-4-3-5-17-27/h8-15,19,26H,3-7,16-18H2,1-2H3,(H,25,28). The van der Waals surface area contributed by atoms with E-state index in [1.54, 1.807) is 19.2 Å². The summed E-state index contributed by atoms with van der Waals surface area (Å²) in [7, 11) is -2.16. The first-order valence-corrected chi connectivity index (χ1v) is 12.8. The monoisotopic (exact) mass is 459 g/mol. The topological polar surface area (TPSA) is 87.7 Å². The van der Waals surface area contributed by atoms with E-state index in [2.05, 4.69) is 14.9 Å². The molecule has 1 fully saturated rings. The fourth-order valence-electron chi connectivity index (χ4n) is 3.84. The molecule has 1 unspecified atom stereocenters. The molecule has 0 spiro atoms. The van der Waals surface area contributed by atoms with Crippen molar-refractivity contribution in [1.29, 1.82) is 0 Å². The number of ether oxygens (including phenoxy) is 1. The van der Waals surface area contributed by atoms with E-state index in [0.29, 0.717) is 12.1 Å². The maximum Gasteiger partial charge on any atom is 0.241 e. The highest BCUT2D eigenvalue weighted by Crippen LogP contribution is 2.22. The van der Waals surface area contributed by atoms with Gasteiger partial charge in [-0.05, 0) is 81.0 Å². The third kappa shape index (κ3) is 7.44. The highest BCUT2D eigenvalue weighted by molar-refractivity contribution is 7.93. The molecule has 7 nitrogen and oxygen atoms in total. The first-order valence-electron chi connectivity index (χ1n) is 11.1. The van der Waals surface area contributed by atoms with Gasteiger partial charge in [0.1, 0.15) is 11.5 Å². The van der Waals surface area contributed by atoms with Crippen LogP contribution in [-0.4, -0.2) is 46.3 Å². The highest BCUT2D eigenvalue weighted by atomic mass is 32.2. The minimum Gasteiger partial charge on any atom is -0.497 e. The first kappa shape index (κ1) is 23.9. The van der Waals surface area contributed by atoms with Gasteiger partial charge in [0.25, 0.3) is 0 Å². The van der Waals surface area contributed by atoms with Crippen LogP contribution in [0.5, 0.6) is 5.75 Å². The summed E-state index contributed by atoms with van der Waals surface area (Å²) in [6.45, 7) is 3.94. The summed E-state index contributed by atoms with van der Waals surface area (Å²) >= 11 is 0. The maximum absolute atomic E-state index is 12.4. The number of anilines is 2. The van der Waals surface area contributed by atoms with E-state index >= 15 is 0 Å². The van der Waals surface area contributed by atoms with Crippen LogP contribution >= 0.6 is 0 Å². The zero-order valence-corrected chi connectivity index (χ0v) is 19.7. The summed E-state index contributed by atoms with van der Waals surface area (Å²) < 4.78 is 32.5. The molecule has 1 aliphatic rings. The minimum absolute atomic E-state index is 0.136. The van der Waals surface area contributed by atoms with Crippen molar-refractivity contribution in [3.63, 3.8) is 0 Å². The quantitative estimate of drug-likeness (QED) is 0.567. The van der Waals surface area contributed by atoms with Crippen LogP contribution in [0.2, 0.25) is 0 Å². The Bertz CT molecular complexity index is 969. The number of benzene rings is 2. The van der Waals surface area contributed by atoms with Crippen LogP contribution in [0.25, 0.3) is 0 Å². The van der Waals surface area contributed by atoms with Crippen molar-refractivity contribution in [3.8, 4) is 5.75 Å². The van der Waals surface area contributed by atoms with Gasteiger partial charge in [-0.25, -0.2) is 8.42 Å². The van der Waals surface area contributed by atoms with Crippen LogP contribution < -0.4 is 19.7 Å². The first-order chi connectivity index (χ1) is 15.3. The van der Waals surface area contributed by atoms with Crippen LogP contribution in [0.15, 0.2) is 48.5 Å². The van der Waals surface area contributed by atoms with Crippen LogP contribution in [0, 0.1) is 0 Å². The predicted octanol–water partition coefficient (Wildman–Crippen LogP) is 3.56. The van der Waals surface area contributed by atoms with Crippen molar-refractivity contribution in [2.45, 2.75) is 45.1 Å². The van der Waals surface area contributed by atoms with Gasteiger partial charge in [0.2, 0.25) is 15.9 Å². The summed E-state index contributed by atoms with van der Waals surface area (Å²) in [5.41, 5.74) is 2.69. The van der Waals surface area contributed by atoms with Crippen LogP contribution in [0.1, 0.15) is 38.2 Å². The molecule has 2 N–H and O–H groups in total. The van der Waals surface area contributed by atoms with E-state index in [0.717, 1.165) is 36.5 Å². The van der Waals surface area contributed by atoms with Crippen molar-refractivity contribution in [2.75, 3.05) is 35.6 Å². The summed E-state index contributed by atoms with van der Waals surface area (Å²) in [4.78, 5) is 14.6. The molecule has 0 bridgehead atoms. The van der Waals surface area contributed by atoms with Gasteiger partial charge in [-0.1, -0.05) is 12.1 Å². The normalized spacial score (nSPS) is 15.1. The second kappa shape index (κ2) is 11.2. The summed E-state index contributed by atoms with van der Waals surface area (Å²) in [6.07, 6.45) is 5.11. The summed E-state index contributed by atoms with van der Waals surface area (Å²) in [6, 6.07) is 15.0. The molecule has 174 valence electrons. The van der Waals surface area contributed by atoms with E-state index in [-0.39, 0.29) is 6.04 Å². The number of rotatable bonds is 10. The van der Waals surface area contributed by atoms with Gasteiger partial charge in [-0.2, -0.15) is 0 Å². The number of nitrogens with zero attached hydrogens (tertiary/aromatic N) is 1. The molecule has 0 saturated carbocycles. The van der Waals surface area contributed by atoms with E-state index in [1.165, 1.54) is 19.3 Å². The zero-order chi connectivity index (χ0) is 23.0. The number of hydrogen-bond acceptors (Lipinski definition) is 5. The third-order valence-electron chi connectivity index (χ3n) is 5.62. The fraction of sp³-hybridized carbons (Fsp3) is 0.458. The van der Waals surface area contributed by atoms with E-state index in [9.17, 15) is 13.2 Å². The minimum atomic E-state index is -3.78. The molecule has 0 aliphatic carbocycles. The van der Waals surface area contributed by atoms with Crippen LogP contribution in [0.3, 0.4) is 0 Å². The molecule has 2 aromatic carbocycles. The van der Waals surface area contributed by atoms with E-state index < -0.39 is 21.7 Å².